The molecule has 0 aliphatic heterocycles. The number of rotatable bonds is 9. The van der Waals surface area contributed by atoms with Gasteiger partial charge in [-0.3, -0.25) is 4.79 Å². The van der Waals surface area contributed by atoms with Crippen LogP contribution in [0, 0.1) is 22.7 Å². The molecule has 0 heterocycles. The van der Waals surface area contributed by atoms with Gasteiger partial charge >= 0.3 is 0 Å². The molecule has 0 saturated heterocycles. The van der Waals surface area contributed by atoms with E-state index in [0.29, 0.717) is 17.6 Å². The highest BCUT2D eigenvalue weighted by molar-refractivity contribution is 8.28. The van der Waals surface area contributed by atoms with Crippen molar-refractivity contribution in [3.05, 3.63) is 12.2 Å². The van der Waals surface area contributed by atoms with Crippen LogP contribution >= 0.6 is 10.3 Å². The Labute approximate surface area is 176 Å². The number of fused-ring (bicyclic) bond motifs is 1. The van der Waals surface area contributed by atoms with E-state index in [9.17, 15) is 4.79 Å². The Morgan fingerprint density at radius 1 is 1.18 bits per heavy atom. The molecule has 0 spiro atoms. The molecule has 2 aliphatic rings. The highest BCUT2D eigenvalue weighted by Crippen LogP contribution is 2.61. The second kappa shape index (κ2) is 8.84. The molecule has 0 aromatic rings. The van der Waals surface area contributed by atoms with Gasteiger partial charge in [0.15, 0.2) is 0 Å². The third-order valence-corrected chi connectivity index (χ3v) is 8.48. The molecule has 28 heavy (non-hydrogen) atoms. The van der Waals surface area contributed by atoms with Crippen molar-refractivity contribution in [2.75, 3.05) is 18.8 Å². The van der Waals surface area contributed by atoms with Gasteiger partial charge in [-0.25, -0.2) is 0 Å². The highest BCUT2D eigenvalue weighted by Gasteiger charge is 2.56. The fourth-order valence-corrected chi connectivity index (χ4v) is 7.95. The number of hydrogen-bond acceptors (Lipinski definition) is 2. The summed E-state index contributed by atoms with van der Waals surface area (Å²) in [6.07, 6.45) is 21.4. The van der Waals surface area contributed by atoms with Crippen LogP contribution < -0.4 is 0 Å². The number of allylic oxidation sites excluding steroid dienone is 2. The molecule has 0 aromatic carbocycles. The van der Waals surface area contributed by atoms with Crippen LogP contribution in [-0.2, 0) is 8.98 Å². The van der Waals surface area contributed by atoms with E-state index in [-0.39, 0.29) is 16.4 Å². The van der Waals surface area contributed by atoms with Gasteiger partial charge in [0.2, 0.25) is 0 Å². The second-order valence-corrected chi connectivity index (χ2v) is 15.0. The molecule has 0 radical (unpaired) electrons. The average Bonchev–Trinajstić information content (AvgIpc) is 2.89. The normalized spacial score (nSPS) is 31.8. The Morgan fingerprint density at radius 3 is 2.46 bits per heavy atom. The van der Waals surface area contributed by atoms with Crippen LogP contribution in [0.3, 0.4) is 0 Å². The maximum atomic E-state index is 12.6. The minimum Gasteiger partial charge on any atom is -0.332 e. The molecule has 2 aliphatic carbocycles. The predicted octanol–water partition coefficient (Wildman–Crippen LogP) is 7.32. The van der Waals surface area contributed by atoms with Crippen molar-refractivity contribution in [1.29, 1.82) is 0 Å². The Kier molecular flexibility index (Phi) is 7.57. The van der Waals surface area contributed by atoms with Gasteiger partial charge < -0.3 is 4.18 Å². The molecule has 2 nitrogen and oxygen atoms in total. The summed E-state index contributed by atoms with van der Waals surface area (Å²) in [5.74, 6) is 1.52. The van der Waals surface area contributed by atoms with Gasteiger partial charge in [-0.15, -0.1) is 10.3 Å². The summed E-state index contributed by atoms with van der Waals surface area (Å²) in [5.41, 5.74) is 0.434. The molecule has 2 fully saturated rings. The van der Waals surface area contributed by atoms with Gasteiger partial charge in [-0.2, -0.15) is 0 Å². The van der Waals surface area contributed by atoms with Crippen LogP contribution in [0.5, 0.6) is 0 Å². The minimum absolute atomic E-state index is 0.0575. The van der Waals surface area contributed by atoms with Crippen LogP contribution in [-0.4, -0.2) is 30.2 Å². The first-order valence-electron chi connectivity index (χ1n) is 11.4. The van der Waals surface area contributed by atoms with Crippen LogP contribution in [0.2, 0.25) is 0 Å². The van der Waals surface area contributed by atoms with Crippen molar-refractivity contribution in [1.82, 2.24) is 0 Å². The zero-order valence-corrected chi connectivity index (χ0v) is 20.7. The minimum atomic E-state index is -0.958. The first-order chi connectivity index (χ1) is 12.8. The Morgan fingerprint density at radius 2 is 1.86 bits per heavy atom. The lowest BCUT2D eigenvalue weighted by Gasteiger charge is -2.48. The Balaban J connectivity index is 2.12. The van der Waals surface area contributed by atoms with Crippen molar-refractivity contribution in [2.45, 2.75) is 98.0 Å². The van der Waals surface area contributed by atoms with E-state index in [1.165, 1.54) is 25.7 Å². The lowest BCUT2D eigenvalue weighted by molar-refractivity contribution is -0.131. The second-order valence-electron chi connectivity index (χ2n) is 11.4. The molecule has 0 N–H and O–H groups in total. The summed E-state index contributed by atoms with van der Waals surface area (Å²) in [6.45, 7) is 11.6. The number of Topliss-reactive ketones (excluding diaryl/α,β-unsaturated/α-hetero) is 1. The SMILES string of the molecule is C/C=C/C[C@](C)(CCCC(C)(C)OS(C)(C)C)[C@H]1CCC2C(=O)CCC[C@@]21C. The van der Waals surface area contributed by atoms with E-state index in [4.69, 9.17) is 4.18 Å². The summed E-state index contributed by atoms with van der Waals surface area (Å²) in [7, 11) is -0.958. The van der Waals surface area contributed by atoms with Crippen LogP contribution in [0.1, 0.15) is 92.4 Å². The molecule has 0 amide bonds. The van der Waals surface area contributed by atoms with Crippen LogP contribution in [0.25, 0.3) is 0 Å². The van der Waals surface area contributed by atoms with Gasteiger partial charge in [0.25, 0.3) is 0 Å². The largest absolute Gasteiger partial charge is 0.332 e. The van der Waals surface area contributed by atoms with Gasteiger partial charge in [0.1, 0.15) is 5.78 Å². The van der Waals surface area contributed by atoms with Gasteiger partial charge in [-0.1, -0.05) is 26.0 Å². The first-order valence-corrected chi connectivity index (χ1v) is 14.1. The van der Waals surface area contributed by atoms with Crippen molar-refractivity contribution < 1.29 is 8.98 Å². The standard InChI is InChI=1S/C25H46O2S/c1-9-10-17-24(4,18-12-16-23(2,3)27-28(6,7)8)22-15-14-20-21(26)13-11-19-25(20,22)5/h9-10,20,22H,11-19H2,1-8H3/b10-9+/t20?,22-,24-,25+/m1/s1. The molecular weight excluding hydrogens is 364 g/mol. The monoisotopic (exact) mass is 410 g/mol. The van der Waals surface area contributed by atoms with Gasteiger partial charge in [-0.05, 0) is 108 Å². The van der Waals surface area contributed by atoms with E-state index in [1.54, 1.807) is 0 Å². The van der Waals surface area contributed by atoms with Crippen molar-refractivity contribution in [3.63, 3.8) is 0 Å². The number of hydrogen-bond donors (Lipinski definition) is 0. The molecular formula is C25H46O2S. The fourth-order valence-electron chi connectivity index (χ4n) is 6.52. The zero-order valence-electron chi connectivity index (χ0n) is 19.9. The maximum absolute atomic E-state index is 12.6. The van der Waals surface area contributed by atoms with E-state index < -0.39 is 10.3 Å². The van der Waals surface area contributed by atoms with E-state index in [1.807, 2.05) is 0 Å². The van der Waals surface area contributed by atoms with Crippen molar-refractivity contribution in [2.24, 2.45) is 22.7 Å². The van der Waals surface area contributed by atoms with E-state index >= 15 is 0 Å². The van der Waals surface area contributed by atoms with Crippen molar-refractivity contribution >= 4 is 16.1 Å². The molecule has 2 rings (SSSR count). The lowest BCUT2D eigenvalue weighted by Crippen LogP contribution is -2.43. The fraction of sp³-hybridized carbons (Fsp3) is 0.880. The Hall–Kier alpha value is -0.280. The number of carbonyl (C=O) groups is 1. The molecule has 4 atom stereocenters. The quantitative estimate of drug-likeness (QED) is 0.372. The summed E-state index contributed by atoms with van der Waals surface area (Å²) >= 11 is 0. The molecule has 164 valence electrons. The molecule has 1 unspecified atom stereocenters. The number of carbonyl (C=O) groups excluding carboxylic acids is 1. The van der Waals surface area contributed by atoms with E-state index in [0.717, 1.165) is 32.1 Å². The average molecular weight is 411 g/mol. The summed E-state index contributed by atoms with van der Waals surface area (Å²) in [5, 5.41) is 0. The lowest BCUT2D eigenvalue weighted by atomic mass is 9.56. The highest BCUT2D eigenvalue weighted by atomic mass is 32.3. The number of ketones is 1. The predicted molar refractivity (Wildman–Crippen MR) is 125 cm³/mol. The summed E-state index contributed by atoms with van der Waals surface area (Å²) in [4.78, 5) is 12.6. The topological polar surface area (TPSA) is 26.3 Å². The smallest absolute Gasteiger partial charge is 0.136 e. The maximum Gasteiger partial charge on any atom is 0.136 e. The van der Waals surface area contributed by atoms with Crippen LogP contribution in [0.15, 0.2) is 12.2 Å². The van der Waals surface area contributed by atoms with Gasteiger partial charge in [0, 0.05) is 12.3 Å². The first kappa shape index (κ1) is 24.0. The zero-order chi connectivity index (χ0) is 21.2. The van der Waals surface area contributed by atoms with Crippen LogP contribution in [0.4, 0.5) is 0 Å². The molecule has 0 aromatic heterocycles. The third-order valence-electron chi connectivity index (χ3n) is 7.53. The summed E-state index contributed by atoms with van der Waals surface area (Å²) in [6, 6.07) is 0. The summed E-state index contributed by atoms with van der Waals surface area (Å²) < 4.78 is 6.39. The van der Waals surface area contributed by atoms with Crippen molar-refractivity contribution in [3.8, 4) is 0 Å². The molecule has 3 heteroatoms. The Bertz CT molecular complexity index is 574. The van der Waals surface area contributed by atoms with E-state index in [2.05, 4.69) is 65.5 Å². The van der Waals surface area contributed by atoms with Gasteiger partial charge in [0.05, 0.1) is 5.60 Å². The molecule has 2 saturated carbocycles. The third kappa shape index (κ3) is 5.65. The molecule has 0 bridgehead atoms.